The molecule has 2 heterocycles. The number of para-hydroxylation sites is 2. The second-order valence-electron chi connectivity index (χ2n) is 8.25. The first kappa shape index (κ1) is 22.7. The van der Waals surface area contributed by atoms with Crippen LogP contribution in [0.3, 0.4) is 0 Å². The van der Waals surface area contributed by atoms with Crippen molar-refractivity contribution in [2.24, 2.45) is 0 Å². The molecule has 0 atom stereocenters. The molecular weight excluding hydrogens is 576 g/mol. The van der Waals surface area contributed by atoms with E-state index in [1.165, 1.54) is 0 Å². The minimum absolute atomic E-state index is 0.864. The average molecular weight is 596 g/mol. The molecule has 0 aliphatic carbocycles. The zero-order chi connectivity index (χ0) is 24.5. The molecule has 0 saturated heterocycles. The summed E-state index contributed by atoms with van der Waals surface area (Å²) >= 11 is 7.87. The molecule has 6 rings (SSSR count). The Balaban J connectivity index is 1.69. The summed E-state index contributed by atoms with van der Waals surface area (Å²) in [7, 11) is 0. The van der Waals surface area contributed by atoms with Crippen LogP contribution in [-0.2, 0) is 0 Å². The van der Waals surface area contributed by atoms with Crippen LogP contribution in [0.5, 0.6) is 0 Å². The van der Waals surface area contributed by atoms with Crippen molar-refractivity contribution in [1.29, 1.82) is 0 Å². The first-order valence-corrected chi connectivity index (χ1v) is 13.1. The second-order valence-corrected chi connectivity index (χ2v) is 9.84. The van der Waals surface area contributed by atoms with Gasteiger partial charge in [-0.1, -0.05) is 97.1 Å². The fraction of sp³-hybridized carbons (Fsp3) is 0. The number of benzene rings is 4. The Labute approximate surface area is 226 Å². The van der Waals surface area contributed by atoms with Crippen LogP contribution >= 0.6 is 31.9 Å². The van der Waals surface area contributed by atoms with Crippen molar-refractivity contribution in [3.63, 3.8) is 0 Å². The van der Waals surface area contributed by atoms with Crippen LogP contribution in [0, 0.1) is 0 Å². The van der Waals surface area contributed by atoms with Gasteiger partial charge >= 0.3 is 0 Å². The first-order chi connectivity index (χ1) is 17.7. The van der Waals surface area contributed by atoms with E-state index in [1.807, 2.05) is 82.2 Å². The van der Waals surface area contributed by atoms with E-state index in [9.17, 15) is 0 Å². The zero-order valence-corrected chi connectivity index (χ0v) is 22.3. The number of rotatable bonds is 5. The van der Waals surface area contributed by atoms with E-state index in [2.05, 4.69) is 80.4 Å². The normalized spacial score (nSPS) is 11.1. The smallest absolute Gasteiger partial charge is 0.109 e. The van der Waals surface area contributed by atoms with Crippen molar-refractivity contribution in [3.05, 3.63) is 130 Å². The third kappa shape index (κ3) is 4.02. The number of halogens is 2. The lowest BCUT2D eigenvalue weighted by atomic mass is 10.1. The van der Waals surface area contributed by atoms with Gasteiger partial charge in [0.05, 0.1) is 20.3 Å². The topological polar surface area (TPSA) is 35.6 Å². The molecule has 0 spiro atoms. The summed E-state index contributed by atoms with van der Waals surface area (Å²) in [6.07, 6.45) is 0. The zero-order valence-electron chi connectivity index (χ0n) is 19.1. The van der Waals surface area contributed by atoms with Crippen LogP contribution in [0.25, 0.3) is 45.3 Å². The third-order valence-corrected chi connectivity index (χ3v) is 7.48. The van der Waals surface area contributed by atoms with Gasteiger partial charge in [-0.2, -0.15) is 10.2 Å². The fourth-order valence-corrected chi connectivity index (χ4v) is 5.61. The molecule has 0 unspecified atom stereocenters. The fourth-order valence-electron chi connectivity index (χ4n) is 4.28. The molecule has 6 aromatic rings. The van der Waals surface area contributed by atoms with Gasteiger partial charge in [0.1, 0.15) is 22.8 Å². The minimum atomic E-state index is 0.864. The van der Waals surface area contributed by atoms with Crippen LogP contribution in [0.15, 0.2) is 130 Å². The predicted octanol–water partition coefficient (Wildman–Crippen LogP) is 8.58. The quantitative estimate of drug-likeness (QED) is 0.200. The summed E-state index contributed by atoms with van der Waals surface area (Å²) in [4.78, 5) is 0. The van der Waals surface area contributed by atoms with Gasteiger partial charge in [-0.15, -0.1) is 0 Å². The highest BCUT2D eigenvalue weighted by atomic mass is 79.9. The van der Waals surface area contributed by atoms with E-state index < -0.39 is 0 Å². The van der Waals surface area contributed by atoms with Crippen LogP contribution in [0.1, 0.15) is 0 Å². The molecule has 6 heteroatoms. The number of nitrogens with zero attached hydrogens (tertiary/aromatic N) is 4. The molecule has 0 aliphatic heterocycles. The maximum atomic E-state index is 5.09. The molecule has 0 N–H and O–H groups in total. The van der Waals surface area contributed by atoms with Crippen molar-refractivity contribution < 1.29 is 0 Å². The van der Waals surface area contributed by atoms with Crippen molar-refractivity contribution in [1.82, 2.24) is 19.6 Å². The highest BCUT2D eigenvalue weighted by molar-refractivity contribution is 9.11. The van der Waals surface area contributed by atoms with Gasteiger partial charge < -0.3 is 0 Å². The monoisotopic (exact) mass is 594 g/mol. The molecule has 174 valence electrons. The molecule has 0 amide bonds. The average Bonchev–Trinajstić information content (AvgIpc) is 3.47. The molecule has 0 bridgehead atoms. The Bertz CT molecular complexity index is 1500. The molecule has 4 nitrogen and oxygen atoms in total. The van der Waals surface area contributed by atoms with Crippen molar-refractivity contribution >= 4 is 31.9 Å². The summed E-state index contributed by atoms with van der Waals surface area (Å²) in [6.45, 7) is 0. The molecule has 4 aromatic carbocycles. The SMILES string of the molecule is Brc1c(-c2ccccc2)nn(-c2ccccc2)c1-c1c(Br)c(-c2ccccc2)nn1-c1ccccc1. The largest absolute Gasteiger partial charge is 0.230 e. The standard InChI is InChI=1S/C30H20Br2N4/c31-25-27(21-13-5-1-6-14-21)33-35(23-17-9-3-10-18-23)29(25)30-26(32)28(22-15-7-2-8-16-22)34-36(30)24-19-11-4-12-20-24/h1-20H. The summed E-state index contributed by atoms with van der Waals surface area (Å²) in [5, 5.41) is 10.2. The van der Waals surface area contributed by atoms with Crippen LogP contribution in [0.4, 0.5) is 0 Å². The summed E-state index contributed by atoms with van der Waals surface area (Å²) < 4.78 is 5.77. The lowest BCUT2D eigenvalue weighted by Crippen LogP contribution is -2.05. The van der Waals surface area contributed by atoms with Gasteiger partial charge in [0.25, 0.3) is 0 Å². The van der Waals surface area contributed by atoms with Crippen LogP contribution in [-0.4, -0.2) is 19.6 Å². The summed E-state index contributed by atoms with van der Waals surface area (Å²) in [6, 6.07) is 40.8. The molecular formula is C30H20Br2N4. The maximum Gasteiger partial charge on any atom is 0.109 e. The number of hydrogen-bond donors (Lipinski definition) is 0. The van der Waals surface area contributed by atoms with E-state index in [0.29, 0.717) is 0 Å². The Morgan fingerprint density at radius 3 is 1.06 bits per heavy atom. The predicted molar refractivity (Wildman–Crippen MR) is 152 cm³/mol. The van der Waals surface area contributed by atoms with E-state index in [1.54, 1.807) is 0 Å². The Morgan fingerprint density at radius 2 is 0.722 bits per heavy atom. The van der Waals surface area contributed by atoms with Crippen molar-refractivity contribution in [3.8, 4) is 45.3 Å². The van der Waals surface area contributed by atoms with Crippen LogP contribution in [0.2, 0.25) is 0 Å². The van der Waals surface area contributed by atoms with Crippen molar-refractivity contribution in [2.75, 3.05) is 0 Å². The van der Waals surface area contributed by atoms with E-state index in [0.717, 1.165) is 54.2 Å². The van der Waals surface area contributed by atoms with Gasteiger partial charge in [-0.25, -0.2) is 9.36 Å². The molecule has 0 fully saturated rings. The second kappa shape index (κ2) is 9.72. The Kier molecular flexibility index (Phi) is 6.13. The van der Waals surface area contributed by atoms with Crippen LogP contribution < -0.4 is 0 Å². The molecule has 0 saturated carbocycles. The highest BCUT2D eigenvalue weighted by Crippen LogP contribution is 2.44. The van der Waals surface area contributed by atoms with E-state index in [4.69, 9.17) is 10.2 Å². The van der Waals surface area contributed by atoms with E-state index >= 15 is 0 Å². The Hall–Kier alpha value is -3.74. The lowest BCUT2D eigenvalue weighted by Gasteiger charge is -2.11. The Morgan fingerprint density at radius 1 is 0.417 bits per heavy atom. The molecule has 2 aromatic heterocycles. The highest BCUT2D eigenvalue weighted by Gasteiger charge is 2.28. The minimum Gasteiger partial charge on any atom is -0.230 e. The molecule has 0 aliphatic rings. The van der Waals surface area contributed by atoms with Gasteiger partial charge in [0.15, 0.2) is 0 Å². The number of aromatic nitrogens is 4. The van der Waals surface area contributed by atoms with Gasteiger partial charge in [0.2, 0.25) is 0 Å². The van der Waals surface area contributed by atoms with Crippen molar-refractivity contribution in [2.45, 2.75) is 0 Å². The third-order valence-electron chi connectivity index (χ3n) is 5.98. The summed E-state index contributed by atoms with van der Waals surface area (Å²) in [5.74, 6) is 0. The molecule has 0 radical (unpaired) electrons. The number of hydrogen-bond acceptors (Lipinski definition) is 2. The maximum absolute atomic E-state index is 5.09. The summed E-state index contributed by atoms with van der Waals surface area (Å²) in [5.41, 5.74) is 7.53. The van der Waals surface area contributed by atoms with Gasteiger partial charge in [0, 0.05) is 11.1 Å². The van der Waals surface area contributed by atoms with Gasteiger partial charge in [-0.05, 0) is 56.1 Å². The van der Waals surface area contributed by atoms with Gasteiger partial charge in [-0.3, -0.25) is 0 Å². The first-order valence-electron chi connectivity index (χ1n) is 11.5. The lowest BCUT2D eigenvalue weighted by molar-refractivity contribution is 0.850. The van der Waals surface area contributed by atoms with E-state index in [-0.39, 0.29) is 0 Å². The molecule has 36 heavy (non-hydrogen) atoms.